The molecule has 2 aromatic carbocycles. The van der Waals surface area contributed by atoms with E-state index in [2.05, 4.69) is 19.1 Å². The maximum absolute atomic E-state index is 12.2. The van der Waals surface area contributed by atoms with Crippen molar-refractivity contribution in [3.05, 3.63) is 65.2 Å². The summed E-state index contributed by atoms with van der Waals surface area (Å²) in [4.78, 5) is 14.0. The van der Waals surface area contributed by atoms with Crippen LogP contribution in [0.5, 0.6) is 0 Å². The molecule has 22 heavy (non-hydrogen) atoms. The summed E-state index contributed by atoms with van der Waals surface area (Å²) in [5.41, 5.74) is 10.1. The molecule has 4 heteroatoms. The number of rotatable bonds is 5. The molecule has 118 valence electrons. The van der Waals surface area contributed by atoms with Crippen LogP contribution in [0.15, 0.2) is 48.5 Å². The van der Waals surface area contributed by atoms with Crippen LogP contribution in [0.25, 0.3) is 0 Å². The molecule has 0 heterocycles. The van der Waals surface area contributed by atoms with Crippen molar-refractivity contribution in [2.24, 2.45) is 0 Å². The van der Waals surface area contributed by atoms with Gasteiger partial charge in [-0.25, -0.2) is 0 Å². The summed E-state index contributed by atoms with van der Waals surface area (Å²) >= 11 is 0. The summed E-state index contributed by atoms with van der Waals surface area (Å²) in [5.74, 6) is 0.139. The minimum absolute atomic E-state index is 0. The van der Waals surface area contributed by atoms with Crippen molar-refractivity contribution >= 4 is 24.0 Å². The molecule has 0 aliphatic carbocycles. The predicted octanol–water partition coefficient (Wildman–Crippen LogP) is 3.59. The molecule has 0 atom stereocenters. The van der Waals surface area contributed by atoms with Crippen LogP contribution in [-0.2, 0) is 17.8 Å². The zero-order valence-electron chi connectivity index (χ0n) is 13.1. The van der Waals surface area contributed by atoms with Gasteiger partial charge in [-0.05, 0) is 30.5 Å². The zero-order chi connectivity index (χ0) is 15.2. The number of carbonyl (C=O) groups excluding carboxylic acids is 1. The van der Waals surface area contributed by atoms with Crippen LogP contribution in [0.1, 0.15) is 23.1 Å². The van der Waals surface area contributed by atoms with E-state index in [9.17, 15) is 4.79 Å². The Balaban J connectivity index is 0.00000242. The molecule has 3 nitrogen and oxygen atoms in total. The second-order valence-electron chi connectivity index (χ2n) is 5.44. The van der Waals surface area contributed by atoms with Gasteiger partial charge in [-0.2, -0.15) is 0 Å². The first kappa shape index (κ1) is 18.1. The molecular formula is C18H23ClN2O. The van der Waals surface area contributed by atoms with Crippen molar-refractivity contribution in [3.63, 3.8) is 0 Å². The highest BCUT2D eigenvalue weighted by Crippen LogP contribution is 2.14. The number of halogens is 1. The lowest BCUT2D eigenvalue weighted by molar-refractivity contribution is -0.130. The second kappa shape index (κ2) is 8.44. The molecule has 2 rings (SSSR count). The van der Waals surface area contributed by atoms with Crippen LogP contribution in [-0.4, -0.2) is 17.9 Å². The molecule has 0 saturated carbocycles. The van der Waals surface area contributed by atoms with Crippen LogP contribution in [0.4, 0.5) is 5.69 Å². The largest absolute Gasteiger partial charge is 0.399 e. The molecule has 0 spiro atoms. The average molecular weight is 319 g/mol. The number of nitrogens with two attached hydrogens (primary N) is 1. The fourth-order valence-electron chi connectivity index (χ4n) is 2.37. The Labute approximate surface area is 138 Å². The van der Waals surface area contributed by atoms with Crippen molar-refractivity contribution in [2.75, 3.05) is 12.8 Å². The zero-order valence-corrected chi connectivity index (χ0v) is 13.9. The Bertz CT molecular complexity index is 628. The van der Waals surface area contributed by atoms with E-state index in [1.54, 1.807) is 4.90 Å². The number of nitrogen functional groups attached to an aromatic ring is 1. The third-order valence-corrected chi connectivity index (χ3v) is 3.59. The number of anilines is 1. The Hall–Kier alpha value is -2.00. The van der Waals surface area contributed by atoms with E-state index in [1.807, 2.05) is 43.4 Å². The van der Waals surface area contributed by atoms with Gasteiger partial charge in [-0.15, -0.1) is 12.4 Å². The molecule has 0 aromatic heterocycles. The maximum atomic E-state index is 12.2. The number of nitrogens with zero attached hydrogens (tertiary/aromatic N) is 1. The van der Waals surface area contributed by atoms with E-state index in [4.69, 9.17) is 5.73 Å². The number of hydrogen-bond acceptors (Lipinski definition) is 2. The van der Waals surface area contributed by atoms with Gasteiger partial charge in [0.2, 0.25) is 5.91 Å². The summed E-state index contributed by atoms with van der Waals surface area (Å²) < 4.78 is 0. The average Bonchev–Trinajstić information content (AvgIpc) is 2.46. The van der Waals surface area contributed by atoms with E-state index >= 15 is 0 Å². The summed E-state index contributed by atoms with van der Waals surface area (Å²) in [7, 11) is 1.85. The van der Waals surface area contributed by atoms with E-state index in [0.717, 1.165) is 16.8 Å². The molecule has 0 bridgehead atoms. The lowest BCUT2D eigenvalue weighted by atomic mass is 10.1. The first-order valence-corrected chi connectivity index (χ1v) is 7.19. The maximum Gasteiger partial charge on any atom is 0.222 e. The van der Waals surface area contributed by atoms with Crippen LogP contribution in [0.2, 0.25) is 0 Å². The molecule has 2 aromatic rings. The SMILES string of the molecule is Cc1cccc(CN(C)C(=O)CCc2ccccc2N)c1.Cl. The van der Waals surface area contributed by atoms with Gasteiger partial charge in [-0.3, -0.25) is 4.79 Å². The van der Waals surface area contributed by atoms with E-state index in [0.29, 0.717) is 19.4 Å². The normalized spacial score (nSPS) is 9.91. The van der Waals surface area contributed by atoms with Gasteiger partial charge in [-0.1, -0.05) is 48.0 Å². The van der Waals surface area contributed by atoms with Gasteiger partial charge in [0.05, 0.1) is 0 Å². The fourth-order valence-corrected chi connectivity index (χ4v) is 2.37. The highest BCUT2D eigenvalue weighted by molar-refractivity contribution is 5.85. The van der Waals surface area contributed by atoms with Crippen molar-refractivity contribution < 1.29 is 4.79 Å². The third kappa shape index (κ3) is 5.08. The van der Waals surface area contributed by atoms with Gasteiger partial charge in [0.15, 0.2) is 0 Å². The van der Waals surface area contributed by atoms with Crippen LogP contribution < -0.4 is 5.73 Å². The number of hydrogen-bond donors (Lipinski definition) is 1. The lowest BCUT2D eigenvalue weighted by Gasteiger charge is -2.18. The van der Waals surface area contributed by atoms with Crippen LogP contribution >= 0.6 is 12.4 Å². The lowest BCUT2D eigenvalue weighted by Crippen LogP contribution is -2.26. The van der Waals surface area contributed by atoms with Gasteiger partial charge < -0.3 is 10.6 Å². The Kier molecular flexibility index (Phi) is 6.93. The molecular weight excluding hydrogens is 296 g/mol. The minimum atomic E-state index is 0. The third-order valence-electron chi connectivity index (χ3n) is 3.59. The van der Waals surface area contributed by atoms with E-state index in [-0.39, 0.29) is 18.3 Å². The highest BCUT2D eigenvalue weighted by atomic mass is 35.5. The van der Waals surface area contributed by atoms with Gasteiger partial charge in [0, 0.05) is 25.7 Å². The van der Waals surface area contributed by atoms with Crippen LogP contribution in [0.3, 0.4) is 0 Å². The molecule has 0 fully saturated rings. The fraction of sp³-hybridized carbons (Fsp3) is 0.278. The van der Waals surface area contributed by atoms with E-state index < -0.39 is 0 Å². The summed E-state index contributed by atoms with van der Waals surface area (Å²) in [6.45, 7) is 2.70. The second-order valence-corrected chi connectivity index (χ2v) is 5.44. The first-order valence-electron chi connectivity index (χ1n) is 7.19. The number of carbonyl (C=O) groups is 1. The molecule has 0 unspecified atom stereocenters. The topological polar surface area (TPSA) is 46.3 Å². The highest BCUT2D eigenvalue weighted by Gasteiger charge is 2.10. The van der Waals surface area contributed by atoms with Crippen molar-refractivity contribution in [2.45, 2.75) is 26.3 Å². The Morgan fingerprint density at radius 2 is 1.86 bits per heavy atom. The molecule has 0 radical (unpaired) electrons. The quantitative estimate of drug-likeness (QED) is 0.856. The molecule has 0 aliphatic rings. The van der Waals surface area contributed by atoms with Crippen molar-refractivity contribution in [3.8, 4) is 0 Å². The Morgan fingerprint density at radius 1 is 1.14 bits per heavy atom. The Morgan fingerprint density at radius 3 is 2.55 bits per heavy atom. The van der Waals surface area contributed by atoms with Gasteiger partial charge in [0.1, 0.15) is 0 Å². The van der Waals surface area contributed by atoms with E-state index in [1.165, 1.54) is 5.56 Å². The minimum Gasteiger partial charge on any atom is -0.399 e. The molecule has 0 saturated heterocycles. The summed E-state index contributed by atoms with van der Waals surface area (Å²) in [5, 5.41) is 0. The number of benzene rings is 2. The molecule has 1 amide bonds. The van der Waals surface area contributed by atoms with Crippen LogP contribution in [0, 0.1) is 6.92 Å². The number of aryl methyl sites for hydroxylation is 2. The standard InChI is InChI=1S/C18H22N2O.ClH/c1-14-6-5-7-15(12-14)13-20(2)18(21)11-10-16-8-3-4-9-17(16)19;/h3-9,12H,10-11,13,19H2,1-2H3;1H. The smallest absolute Gasteiger partial charge is 0.222 e. The molecule has 2 N–H and O–H groups in total. The number of amides is 1. The molecule has 0 aliphatic heterocycles. The monoisotopic (exact) mass is 318 g/mol. The van der Waals surface area contributed by atoms with Gasteiger partial charge >= 0.3 is 0 Å². The first-order chi connectivity index (χ1) is 10.1. The van der Waals surface area contributed by atoms with Crippen molar-refractivity contribution in [1.29, 1.82) is 0 Å². The van der Waals surface area contributed by atoms with Crippen molar-refractivity contribution in [1.82, 2.24) is 4.90 Å². The summed E-state index contributed by atoms with van der Waals surface area (Å²) in [6, 6.07) is 15.9. The number of para-hydroxylation sites is 1. The predicted molar refractivity (Wildman–Crippen MR) is 94.1 cm³/mol. The summed E-state index contributed by atoms with van der Waals surface area (Å²) in [6.07, 6.45) is 1.17. The van der Waals surface area contributed by atoms with Gasteiger partial charge in [0.25, 0.3) is 0 Å².